The topological polar surface area (TPSA) is 117 Å². The average Bonchev–Trinajstić information content (AvgIpc) is 3.42. The summed E-state index contributed by atoms with van der Waals surface area (Å²) in [5.41, 5.74) is 6.01. The van der Waals surface area contributed by atoms with Crippen LogP contribution in [0.5, 0.6) is 0 Å². The summed E-state index contributed by atoms with van der Waals surface area (Å²) in [6, 6.07) is 67.4. The zero-order valence-electron chi connectivity index (χ0n) is 39.1. The minimum absolute atomic E-state index is 0.00609. The lowest BCUT2D eigenvalue weighted by Crippen LogP contribution is -2.57. The van der Waals surface area contributed by atoms with E-state index in [-0.39, 0.29) is 65.7 Å². The van der Waals surface area contributed by atoms with Crippen LogP contribution in [-0.2, 0) is 96.7 Å². The van der Waals surface area contributed by atoms with Crippen molar-refractivity contribution in [2.75, 3.05) is 6.61 Å². The van der Waals surface area contributed by atoms with E-state index in [0.717, 1.165) is 38.9 Å². The third kappa shape index (κ3) is 16.1. The van der Waals surface area contributed by atoms with Gasteiger partial charge in [-0.15, -0.1) is 0 Å². The molecule has 7 aromatic carbocycles. The number of phosphoric ester groups is 2. The predicted octanol–water partition coefficient (Wildman–Crippen LogP) is 13.6. The summed E-state index contributed by atoms with van der Waals surface area (Å²) in [6.07, 6.45) is -2.71. The van der Waals surface area contributed by atoms with Gasteiger partial charge in [0.1, 0.15) is 12.2 Å². The molecule has 0 spiro atoms. The zero-order chi connectivity index (χ0) is 48.1. The summed E-state index contributed by atoms with van der Waals surface area (Å²) in [4.78, 5) is 0. The second kappa shape index (κ2) is 26.7. The zero-order valence-corrected chi connectivity index (χ0v) is 40.8. The Morgan fingerprint density at radius 2 is 0.614 bits per heavy atom. The fourth-order valence-corrected chi connectivity index (χ4v) is 10.7. The molecule has 1 aliphatic carbocycles. The number of phosphoric acid groups is 2. The molecule has 0 aromatic heterocycles. The fourth-order valence-electron chi connectivity index (χ4n) is 8.14. The van der Waals surface area contributed by atoms with Crippen molar-refractivity contribution in [1.29, 1.82) is 0 Å². The molecule has 70 heavy (non-hydrogen) atoms. The highest BCUT2D eigenvalue weighted by atomic mass is 31.2. The Morgan fingerprint density at radius 3 is 0.957 bits per heavy atom. The van der Waals surface area contributed by atoms with Gasteiger partial charge >= 0.3 is 15.6 Å². The van der Waals surface area contributed by atoms with Crippen LogP contribution in [0.15, 0.2) is 212 Å². The summed E-state index contributed by atoms with van der Waals surface area (Å²) in [7, 11) is -8.55. The van der Waals surface area contributed by atoms with Crippen LogP contribution in [0.1, 0.15) is 51.8 Å². The van der Waals surface area contributed by atoms with Crippen molar-refractivity contribution in [3.8, 4) is 0 Å². The third-order valence-electron chi connectivity index (χ3n) is 11.8. The molecule has 0 N–H and O–H groups in total. The summed E-state index contributed by atoms with van der Waals surface area (Å²) in [5, 5.41) is 0. The molecule has 1 saturated carbocycles. The smallest absolute Gasteiger partial charge is 0.370 e. The van der Waals surface area contributed by atoms with Crippen LogP contribution in [0.25, 0.3) is 0 Å². The summed E-state index contributed by atoms with van der Waals surface area (Å²) >= 11 is 0. The fraction of sp³-hybridized carbons (Fsp3) is 0.263. The van der Waals surface area contributed by atoms with E-state index in [0.29, 0.717) is 0 Å². The maximum absolute atomic E-state index is 15.3. The second-order valence-electron chi connectivity index (χ2n) is 17.0. The molecule has 0 aliphatic heterocycles. The summed E-state index contributed by atoms with van der Waals surface area (Å²) < 4.78 is 88.2. The van der Waals surface area contributed by atoms with E-state index in [1.807, 2.05) is 212 Å². The lowest BCUT2D eigenvalue weighted by Gasteiger charge is -2.46. The van der Waals surface area contributed by atoms with Crippen molar-refractivity contribution in [2.24, 2.45) is 5.92 Å². The Balaban J connectivity index is 1.13. The Morgan fingerprint density at radius 1 is 0.329 bits per heavy atom. The molecule has 8 rings (SSSR count). The molecular weight excluding hydrogens is 923 g/mol. The van der Waals surface area contributed by atoms with Crippen molar-refractivity contribution < 1.29 is 50.5 Å². The Bertz CT molecular complexity index is 2540. The van der Waals surface area contributed by atoms with Gasteiger partial charge in [0, 0.05) is 0 Å². The SMILES string of the molecule is O=P(OCC[C@@H]1C[C@H](OP(=O)(OCc2ccccc2)OCc2ccccc2)[C@@H](OCc2ccccc2)[C@H](OCc2ccccc2)[C@H]1OCc1ccccc1)(OCc1ccccc1)OCc1ccccc1. The van der Waals surface area contributed by atoms with Gasteiger partial charge in [0.05, 0.1) is 65.1 Å². The van der Waals surface area contributed by atoms with E-state index in [2.05, 4.69) is 0 Å². The molecule has 0 unspecified atom stereocenters. The van der Waals surface area contributed by atoms with E-state index >= 15 is 4.57 Å². The van der Waals surface area contributed by atoms with Crippen LogP contribution in [-0.4, -0.2) is 31.0 Å². The molecule has 0 bridgehead atoms. The van der Waals surface area contributed by atoms with Crippen LogP contribution >= 0.6 is 15.6 Å². The molecule has 364 valence electrons. The first-order valence-electron chi connectivity index (χ1n) is 23.6. The van der Waals surface area contributed by atoms with Crippen molar-refractivity contribution in [2.45, 2.75) is 83.5 Å². The first kappa shape index (κ1) is 51.0. The molecule has 5 atom stereocenters. The van der Waals surface area contributed by atoms with Crippen LogP contribution in [0.2, 0.25) is 0 Å². The average molecular weight is 983 g/mol. The van der Waals surface area contributed by atoms with E-state index in [1.54, 1.807) is 0 Å². The minimum Gasteiger partial charge on any atom is -0.370 e. The van der Waals surface area contributed by atoms with Gasteiger partial charge in [-0.3, -0.25) is 27.1 Å². The lowest BCUT2D eigenvalue weighted by atomic mass is 9.78. The van der Waals surface area contributed by atoms with Crippen molar-refractivity contribution in [3.05, 3.63) is 251 Å². The van der Waals surface area contributed by atoms with Crippen molar-refractivity contribution in [3.63, 3.8) is 0 Å². The number of hydrogen-bond donors (Lipinski definition) is 0. The van der Waals surface area contributed by atoms with Crippen molar-refractivity contribution >= 4 is 15.6 Å². The highest BCUT2D eigenvalue weighted by Crippen LogP contribution is 2.55. The molecule has 0 radical (unpaired) electrons. The summed E-state index contributed by atoms with van der Waals surface area (Å²) in [6.45, 7) is 0.532. The lowest BCUT2D eigenvalue weighted by molar-refractivity contribution is -0.218. The second-order valence-corrected chi connectivity index (χ2v) is 20.3. The van der Waals surface area contributed by atoms with E-state index in [1.165, 1.54) is 0 Å². The van der Waals surface area contributed by atoms with E-state index in [9.17, 15) is 4.57 Å². The van der Waals surface area contributed by atoms with Gasteiger partial charge in [-0.25, -0.2) is 9.13 Å². The van der Waals surface area contributed by atoms with Gasteiger partial charge < -0.3 is 14.2 Å². The molecule has 7 aromatic rings. The van der Waals surface area contributed by atoms with E-state index < -0.39 is 46.0 Å². The molecular formula is C57H60O11P2. The number of rotatable bonds is 27. The van der Waals surface area contributed by atoms with Gasteiger partial charge in [0.2, 0.25) is 0 Å². The highest BCUT2D eigenvalue weighted by molar-refractivity contribution is 7.48. The van der Waals surface area contributed by atoms with Gasteiger partial charge in [0.25, 0.3) is 0 Å². The monoisotopic (exact) mass is 982 g/mol. The number of ether oxygens (including phenoxy) is 3. The molecule has 0 heterocycles. The Hall–Kier alpha value is -5.36. The molecule has 11 nitrogen and oxygen atoms in total. The number of hydrogen-bond acceptors (Lipinski definition) is 11. The molecule has 0 saturated heterocycles. The van der Waals surface area contributed by atoms with E-state index in [4.69, 9.17) is 41.4 Å². The van der Waals surface area contributed by atoms with Crippen LogP contribution in [0.4, 0.5) is 0 Å². The highest BCUT2D eigenvalue weighted by Gasteiger charge is 2.50. The Labute approximate surface area is 411 Å². The molecule has 1 aliphatic rings. The van der Waals surface area contributed by atoms with Gasteiger partial charge in [0.15, 0.2) is 0 Å². The normalized spacial score (nSPS) is 18.4. The maximum atomic E-state index is 15.3. The summed E-state index contributed by atoms with van der Waals surface area (Å²) in [5.74, 6) is -0.417. The quantitative estimate of drug-likeness (QED) is 0.0458. The minimum atomic E-state index is -4.39. The van der Waals surface area contributed by atoms with Crippen LogP contribution in [0.3, 0.4) is 0 Å². The third-order valence-corrected chi connectivity index (χ3v) is 14.6. The van der Waals surface area contributed by atoms with Gasteiger partial charge in [-0.2, -0.15) is 0 Å². The molecule has 13 heteroatoms. The number of benzene rings is 7. The van der Waals surface area contributed by atoms with Gasteiger partial charge in [-0.1, -0.05) is 212 Å². The van der Waals surface area contributed by atoms with Crippen molar-refractivity contribution in [1.82, 2.24) is 0 Å². The van der Waals surface area contributed by atoms with Gasteiger partial charge in [-0.05, 0) is 57.7 Å². The van der Waals surface area contributed by atoms with Crippen LogP contribution < -0.4 is 0 Å². The van der Waals surface area contributed by atoms with Crippen LogP contribution in [0, 0.1) is 5.92 Å². The molecule has 1 fully saturated rings. The first-order chi connectivity index (χ1) is 34.4. The Kier molecular flexibility index (Phi) is 19.5. The largest absolute Gasteiger partial charge is 0.475 e. The molecule has 0 amide bonds. The first-order valence-corrected chi connectivity index (χ1v) is 26.5. The standard InChI is InChI=1S/C57H60O11P2/c58-69(64-42-49-28-14-4-15-29-49,65-43-50-30-16-5-17-31-50)63-37-36-53-38-54(68-70(59,66-44-51-32-18-6-19-33-51)67-45-52-34-20-7-21-35-52)56(61-40-47-24-10-2-11-25-47)57(62-41-48-26-12-3-13-27-48)55(53)60-39-46-22-8-1-9-23-46/h1-35,53-57H,36-45H2/t53-,54+,55+,56-,57-/m1/s1. The predicted molar refractivity (Wildman–Crippen MR) is 269 cm³/mol. The maximum Gasteiger partial charge on any atom is 0.475 e.